The zero-order valence-electron chi connectivity index (χ0n) is 24.5. The second kappa shape index (κ2) is 9.68. The first-order valence-electron chi connectivity index (χ1n) is 13.4. The first-order valence-corrected chi connectivity index (χ1v) is 10.4. The Kier molecular flexibility index (Phi) is 4.83. The number of benzene rings is 2. The van der Waals surface area contributed by atoms with Crippen molar-refractivity contribution in [3.8, 4) is 17.0 Å². The van der Waals surface area contributed by atoms with Gasteiger partial charge in [0.05, 0.1) is 28.3 Å². The molecule has 8 nitrogen and oxygen atoms in total. The van der Waals surface area contributed by atoms with Crippen LogP contribution in [0.5, 0.6) is 5.88 Å². The van der Waals surface area contributed by atoms with Crippen molar-refractivity contribution in [1.29, 1.82) is 0 Å². The van der Waals surface area contributed by atoms with Gasteiger partial charge in [0.25, 0.3) is 11.8 Å². The third-order valence-corrected chi connectivity index (χ3v) is 5.48. The lowest BCUT2D eigenvalue weighted by Gasteiger charge is -2.17. The van der Waals surface area contributed by atoms with Gasteiger partial charge in [-0.3, -0.25) is 14.7 Å². The van der Waals surface area contributed by atoms with Gasteiger partial charge in [0, 0.05) is 28.2 Å². The molecule has 2 amide bonds. The number of methoxy groups -OCH3 is 1. The molecule has 0 aliphatic heterocycles. The van der Waals surface area contributed by atoms with Crippen LogP contribution in [0.3, 0.4) is 0 Å². The van der Waals surface area contributed by atoms with E-state index in [-0.39, 0.29) is 16.8 Å². The molecule has 0 saturated carbocycles. The monoisotopic (exact) mass is 503 g/mol. The standard InChI is InChI=1S/C25H22F3N5O3/c1-13(14-5-4-6-17(9-14)25(26,27)28)31-22(34)19-10-16(12-30-24(19)36-3)15-7-8-18-20(11-15)32-33-21(18)23(35)29-2/h4-13H,1-3H3,(H,29,35)(H,31,34)(H,32,33)/t13-/m1/s1/i2D3,3D3. The Labute approximate surface area is 212 Å². The molecule has 0 aliphatic carbocycles. The molecule has 186 valence electrons. The number of H-pyrrole nitrogens is 1. The smallest absolute Gasteiger partial charge is 0.416 e. The summed E-state index contributed by atoms with van der Waals surface area (Å²) in [5.41, 5.74) is -0.0967. The maximum atomic E-state index is 13.3. The topological polar surface area (TPSA) is 109 Å². The van der Waals surface area contributed by atoms with Crippen molar-refractivity contribution >= 4 is 22.7 Å². The van der Waals surface area contributed by atoms with Gasteiger partial charge in [-0.1, -0.05) is 18.2 Å². The van der Waals surface area contributed by atoms with Gasteiger partial charge in [-0.25, -0.2) is 4.98 Å². The van der Waals surface area contributed by atoms with Crippen LogP contribution in [0.25, 0.3) is 22.0 Å². The van der Waals surface area contributed by atoms with E-state index in [1.807, 2.05) is 5.32 Å². The number of carbonyl (C=O) groups is 2. The van der Waals surface area contributed by atoms with Crippen molar-refractivity contribution < 1.29 is 35.7 Å². The molecular weight excluding hydrogens is 475 g/mol. The SMILES string of the molecule is [2H]C([2H])([2H])NC(=O)c1n[nH]c2cc(-c3cnc(OC([2H])([2H])[2H])c(C(=O)N[C@H](C)c4cccc(C(F)(F)F)c4)c3)ccc12. The molecule has 0 fully saturated rings. The van der Waals surface area contributed by atoms with Gasteiger partial charge in [0.15, 0.2) is 5.69 Å². The fraction of sp³-hybridized carbons (Fsp3) is 0.200. The van der Waals surface area contributed by atoms with E-state index >= 15 is 0 Å². The van der Waals surface area contributed by atoms with Gasteiger partial charge in [-0.2, -0.15) is 18.3 Å². The highest BCUT2D eigenvalue weighted by Gasteiger charge is 2.31. The molecule has 0 unspecified atom stereocenters. The molecule has 1 atom stereocenters. The van der Waals surface area contributed by atoms with Crippen LogP contribution in [-0.2, 0) is 6.18 Å². The summed E-state index contributed by atoms with van der Waals surface area (Å²) in [5, 5.41) is 11.2. The van der Waals surface area contributed by atoms with Crippen LogP contribution in [0.15, 0.2) is 54.7 Å². The van der Waals surface area contributed by atoms with Gasteiger partial charge < -0.3 is 15.4 Å². The third kappa shape index (κ3) is 4.85. The molecule has 4 aromatic rings. The Bertz CT molecular complexity index is 1650. The number of aromatic amines is 1. The van der Waals surface area contributed by atoms with Crippen molar-refractivity contribution in [2.24, 2.45) is 0 Å². The summed E-state index contributed by atoms with van der Waals surface area (Å²) >= 11 is 0. The molecule has 2 aromatic heterocycles. The van der Waals surface area contributed by atoms with E-state index in [9.17, 15) is 22.8 Å². The van der Waals surface area contributed by atoms with E-state index in [1.54, 1.807) is 6.07 Å². The maximum absolute atomic E-state index is 13.3. The fourth-order valence-corrected chi connectivity index (χ4v) is 3.63. The lowest BCUT2D eigenvalue weighted by atomic mass is 10.0. The minimum Gasteiger partial charge on any atom is -0.480 e. The molecule has 0 aliphatic rings. The van der Waals surface area contributed by atoms with Crippen LogP contribution in [0.1, 0.15) is 53.2 Å². The quantitative estimate of drug-likeness (QED) is 0.359. The second-order valence-electron chi connectivity index (χ2n) is 7.78. The molecule has 0 spiro atoms. The van der Waals surface area contributed by atoms with Gasteiger partial charge >= 0.3 is 6.18 Å². The van der Waals surface area contributed by atoms with Crippen LogP contribution in [0.2, 0.25) is 0 Å². The lowest BCUT2D eigenvalue weighted by Crippen LogP contribution is -2.27. The predicted molar refractivity (Wildman–Crippen MR) is 127 cm³/mol. The Balaban J connectivity index is 1.67. The van der Waals surface area contributed by atoms with E-state index in [2.05, 4.69) is 20.5 Å². The molecular formula is C25H22F3N5O3. The molecule has 2 heterocycles. The van der Waals surface area contributed by atoms with Crippen LogP contribution < -0.4 is 15.4 Å². The fourth-order valence-electron chi connectivity index (χ4n) is 3.63. The number of fused-ring (bicyclic) bond motifs is 1. The number of pyridine rings is 1. The minimum absolute atomic E-state index is 0.156. The summed E-state index contributed by atoms with van der Waals surface area (Å²) in [6, 6.07) is 9.36. The summed E-state index contributed by atoms with van der Waals surface area (Å²) in [6.07, 6.45) is -3.34. The van der Waals surface area contributed by atoms with Crippen LogP contribution >= 0.6 is 0 Å². The van der Waals surface area contributed by atoms with E-state index in [0.29, 0.717) is 22.0 Å². The molecule has 3 N–H and O–H groups in total. The number of ether oxygens (including phenoxy) is 1. The molecule has 2 aromatic carbocycles. The highest BCUT2D eigenvalue weighted by molar-refractivity contribution is 6.05. The minimum atomic E-state index is -4.59. The summed E-state index contributed by atoms with van der Waals surface area (Å²) in [4.78, 5) is 29.6. The Morgan fingerprint density at radius 1 is 1.11 bits per heavy atom. The van der Waals surface area contributed by atoms with Gasteiger partial charge in [-0.05, 0) is 48.4 Å². The second-order valence-corrected chi connectivity index (χ2v) is 7.78. The van der Waals surface area contributed by atoms with Crippen molar-refractivity contribution in [2.75, 3.05) is 14.0 Å². The van der Waals surface area contributed by atoms with Crippen molar-refractivity contribution in [1.82, 2.24) is 25.8 Å². The Hall–Kier alpha value is -4.41. The van der Waals surface area contributed by atoms with Crippen molar-refractivity contribution in [3.05, 3.63) is 77.1 Å². The van der Waals surface area contributed by atoms with Crippen LogP contribution in [0, 0.1) is 0 Å². The van der Waals surface area contributed by atoms with Gasteiger partial charge in [0.2, 0.25) is 5.88 Å². The van der Waals surface area contributed by atoms with E-state index in [1.165, 1.54) is 43.5 Å². The summed E-state index contributed by atoms with van der Waals surface area (Å²) < 4.78 is 88.3. The largest absolute Gasteiger partial charge is 0.480 e. The average Bonchev–Trinajstić information content (AvgIpc) is 3.30. The Morgan fingerprint density at radius 3 is 2.69 bits per heavy atom. The highest BCUT2D eigenvalue weighted by Crippen LogP contribution is 2.31. The number of nitrogens with one attached hydrogen (secondary N) is 3. The maximum Gasteiger partial charge on any atom is 0.416 e. The summed E-state index contributed by atoms with van der Waals surface area (Å²) in [7, 11) is -2.96. The number of halogens is 3. The number of hydrogen-bond donors (Lipinski definition) is 3. The summed E-state index contributed by atoms with van der Waals surface area (Å²) in [6.45, 7) is -1.26. The molecule has 4 rings (SSSR count). The molecule has 36 heavy (non-hydrogen) atoms. The normalized spacial score (nSPS) is 15.4. The van der Waals surface area contributed by atoms with Gasteiger partial charge in [0.1, 0.15) is 5.56 Å². The van der Waals surface area contributed by atoms with Crippen molar-refractivity contribution in [3.63, 3.8) is 0 Å². The zero-order chi connectivity index (χ0) is 31.0. The van der Waals surface area contributed by atoms with E-state index < -0.39 is 49.5 Å². The predicted octanol–water partition coefficient (Wildman–Crippen LogP) is 4.50. The lowest BCUT2D eigenvalue weighted by molar-refractivity contribution is -0.137. The zero-order valence-corrected chi connectivity index (χ0v) is 18.5. The van der Waals surface area contributed by atoms with Gasteiger partial charge in [-0.15, -0.1) is 0 Å². The number of aromatic nitrogens is 3. The average molecular weight is 504 g/mol. The van der Waals surface area contributed by atoms with Crippen LogP contribution in [0.4, 0.5) is 13.2 Å². The number of carbonyl (C=O) groups excluding carboxylic acids is 2. The summed E-state index contributed by atoms with van der Waals surface area (Å²) in [5.74, 6) is -2.31. The first kappa shape index (κ1) is 17.9. The molecule has 0 saturated heterocycles. The van der Waals surface area contributed by atoms with E-state index in [0.717, 1.165) is 12.1 Å². The Morgan fingerprint density at radius 2 is 1.94 bits per heavy atom. The number of alkyl halides is 3. The van der Waals surface area contributed by atoms with Crippen molar-refractivity contribution in [2.45, 2.75) is 19.1 Å². The highest BCUT2D eigenvalue weighted by atomic mass is 19.4. The number of hydrogen-bond acceptors (Lipinski definition) is 5. The number of rotatable bonds is 6. The molecule has 0 radical (unpaired) electrons. The first-order chi connectivity index (χ1) is 19.4. The number of nitrogens with zero attached hydrogens (tertiary/aromatic N) is 2. The molecule has 11 heteroatoms. The van der Waals surface area contributed by atoms with Crippen LogP contribution in [-0.4, -0.2) is 41.0 Å². The third-order valence-electron chi connectivity index (χ3n) is 5.48. The number of amides is 2. The molecule has 0 bridgehead atoms. The van der Waals surface area contributed by atoms with E-state index in [4.69, 9.17) is 13.0 Å².